The molecule has 0 bridgehead atoms. The Kier molecular flexibility index (Phi) is 7.48. The maximum absolute atomic E-state index is 9.89. The number of hydrogen-bond donors (Lipinski definition) is 2. The fourth-order valence-electron chi connectivity index (χ4n) is 0.369. The Labute approximate surface area is 60.6 Å². The maximum atomic E-state index is 9.89. The van der Waals surface area contributed by atoms with E-state index >= 15 is 0 Å². The smallest absolute Gasteiger partial charge is 0.304 e. The topological polar surface area (TPSA) is 63.3 Å². The van der Waals surface area contributed by atoms with Gasteiger partial charge in [-0.05, 0) is 6.42 Å². The van der Waals surface area contributed by atoms with Crippen LogP contribution in [0.5, 0.6) is 0 Å². The van der Waals surface area contributed by atoms with E-state index < -0.39 is 5.97 Å². The SMILES string of the molecule is CC[C@@H](N)CC(=O)O.Cl. The number of carboxylic acid groups (broad SMARTS) is 1. The fraction of sp³-hybridized carbons (Fsp3) is 0.800. The highest BCUT2D eigenvalue weighted by molar-refractivity contribution is 5.85. The molecule has 3 nitrogen and oxygen atoms in total. The summed E-state index contributed by atoms with van der Waals surface area (Å²) in [6, 6.07) is -0.174. The second kappa shape index (κ2) is 5.85. The molecule has 9 heavy (non-hydrogen) atoms. The number of carbonyl (C=O) groups is 1. The van der Waals surface area contributed by atoms with Gasteiger partial charge in [-0.25, -0.2) is 0 Å². The molecule has 0 aliphatic carbocycles. The summed E-state index contributed by atoms with van der Waals surface area (Å²) in [4.78, 5) is 9.89. The highest BCUT2D eigenvalue weighted by Gasteiger charge is 2.03. The average Bonchev–Trinajstić information content (AvgIpc) is 1.65. The van der Waals surface area contributed by atoms with Crippen molar-refractivity contribution in [3.8, 4) is 0 Å². The maximum Gasteiger partial charge on any atom is 0.304 e. The molecule has 0 unspecified atom stereocenters. The zero-order valence-corrected chi connectivity index (χ0v) is 6.15. The van der Waals surface area contributed by atoms with E-state index in [1.54, 1.807) is 0 Å². The summed E-state index contributed by atoms with van der Waals surface area (Å²) in [5.74, 6) is -0.820. The molecule has 0 saturated carbocycles. The van der Waals surface area contributed by atoms with Crippen LogP contribution in [0.15, 0.2) is 0 Å². The van der Waals surface area contributed by atoms with Gasteiger partial charge in [-0.3, -0.25) is 4.79 Å². The number of aliphatic carboxylic acids is 1. The summed E-state index contributed by atoms with van der Waals surface area (Å²) in [5.41, 5.74) is 5.29. The van der Waals surface area contributed by atoms with Crippen molar-refractivity contribution in [3.63, 3.8) is 0 Å². The standard InChI is InChI=1S/C5H11NO2.ClH/c1-2-4(6)3-5(7)8;/h4H,2-3,6H2,1H3,(H,7,8);1H/t4-;/m1./s1. The quantitative estimate of drug-likeness (QED) is 0.625. The van der Waals surface area contributed by atoms with Crippen molar-refractivity contribution in [1.82, 2.24) is 0 Å². The van der Waals surface area contributed by atoms with E-state index in [0.29, 0.717) is 0 Å². The first-order valence-electron chi connectivity index (χ1n) is 2.64. The molecule has 0 amide bonds. The number of rotatable bonds is 3. The van der Waals surface area contributed by atoms with Gasteiger partial charge < -0.3 is 10.8 Å². The van der Waals surface area contributed by atoms with Crippen LogP contribution < -0.4 is 5.73 Å². The van der Waals surface area contributed by atoms with Crippen molar-refractivity contribution in [3.05, 3.63) is 0 Å². The van der Waals surface area contributed by atoms with Crippen molar-refractivity contribution in [2.24, 2.45) is 5.73 Å². The third-order valence-corrected chi connectivity index (χ3v) is 0.961. The summed E-state index contributed by atoms with van der Waals surface area (Å²) >= 11 is 0. The van der Waals surface area contributed by atoms with E-state index in [2.05, 4.69) is 0 Å². The van der Waals surface area contributed by atoms with Gasteiger partial charge in [0, 0.05) is 6.04 Å². The Morgan fingerprint density at radius 3 is 2.33 bits per heavy atom. The van der Waals surface area contributed by atoms with Crippen LogP contribution in [0.4, 0.5) is 0 Å². The molecular weight excluding hydrogens is 142 g/mol. The summed E-state index contributed by atoms with van der Waals surface area (Å²) in [6.45, 7) is 1.87. The van der Waals surface area contributed by atoms with Crippen LogP contribution in [0, 0.1) is 0 Å². The number of halogens is 1. The Morgan fingerprint density at radius 1 is 1.78 bits per heavy atom. The molecule has 0 radical (unpaired) electrons. The van der Waals surface area contributed by atoms with Crippen LogP contribution in [0.1, 0.15) is 19.8 Å². The minimum atomic E-state index is -0.820. The number of hydrogen-bond acceptors (Lipinski definition) is 2. The van der Waals surface area contributed by atoms with Crippen molar-refractivity contribution < 1.29 is 9.90 Å². The van der Waals surface area contributed by atoms with Gasteiger partial charge in [-0.15, -0.1) is 12.4 Å². The Morgan fingerprint density at radius 2 is 2.22 bits per heavy atom. The molecule has 0 heterocycles. The van der Waals surface area contributed by atoms with Crippen LogP contribution in [0.3, 0.4) is 0 Å². The van der Waals surface area contributed by atoms with Crippen LogP contribution in [0.2, 0.25) is 0 Å². The summed E-state index contributed by atoms with van der Waals surface area (Å²) in [6.07, 6.45) is 0.808. The molecule has 1 atom stereocenters. The van der Waals surface area contributed by atoms with E-state index in [0.717, 1.165) is 6.42 Å². The molecular formula is C5H12ClNO2. The molecule has 3 N–H and O–H groups in total. The summed E-state index contributed by atoms with van der Waals surface area (Å²) in [5, 5.41) is 8.14. The Bertz CT molecular complexity index is 87.0. The van der Waals surface area contributed by atoms with Crippen LogP contribution in [-0.4, -0.2) is 17.1 Å². The lowest BCUT2D eigenvalue weighted by Crippen LogP contribution is -2.22. The van der Waals surface area contributed by atoms with E-state index in [9.17, 15) is 4.79 Å². The molecule has 0 fully saturated rings. The zero-order chi connectivity index (χ0) is 6.57. The molecule has 0 aliphatic heterocycles. The molecule has 0 aromatic heterocycles. The van der Waals surface area contributed by atoms with Crippen molar-refractivity contribution in [2.75, 3.05) is 0 Å². The normalized spacial score (nSPS) is 11.8. The first-order valence-corrected chi connectivity index (χ1v) is 2.64. The van der Waals surface area contributed by atoms with Gasteiger partial charge in [-0.2, -0.15) is 0 Å². The lowest BCUT2D eigenvalue weighted by atomic mass is 10.2. The van der Waals surface area contributed by atoms with Crippen molar-refractivity contribution in [1.29, 1.82) is 0 Å². The van der Waals surface area contributed by atoms with E-state index in [-0.39, 0.29) is 24.9 Å². The third-order valence-electron chi connectivity index (χ3n) is 0.961. The second-order valence-corrected chi connectivity index (χ2v) is 1.77. The summed E-state index contributed by atoms with van der Waals surface area (Å²) < 4.78 is 0. The largest absolute Gasteiger partial charge is 0.481 e. The zero-order valence-electron chi connectivity index (χ0n) is 5.33. The van der Waals surface area contributed by atoms with Crippen molar-refractivity contribution >= 4 is 18.4 Å². The van der Waals surface area contributed by atoms with Gasteiger partial charge in [0.15, 0.2) is 0 Å². The number of nitrogens with two attached hydrogens (primary N) is 1. The predicted molar refractivity (Wildman–Crippen MR) is 37.8 cm³/mol. The average molecular weight is 154 g/mol. The molecule has 0 rings (SSSR count). The molecule has 0 aromatic rings. The minimum absolute atomic E-state index is 0. The van der Waals surface area contributed by atoms with E-state index in [1.807, 2.05) is 6.92 Å². The lowest BCUT2D eigenvalue weighted by molar-refractivity contribution is -0.137. The second-order valence-electron chi connectivity index (χ2n) is 1.77. The van der Waals surface area contributed by atoms with E-state index in [1.165, 1.54) is 0 Å². The molecule has 0 spiro atoms. The van der Waals surface area contributed by atoms with Crippen LogP contribution in [-0.2, 0) is 4.79 Å². The van der Waals surface area contributed by atoms with Gasteiger partial charge in [0.2, 0.25) is 0 Å². The van der Waals surface area contributed by atoms with Crippen LogP contribution in [0.25, 0.3) is 0 Å². The monoisotopic (exact) mass is 153 g/mol. The Hall–Kier alpha value is -0.280. The highest BCUT2D eigenvalue weighted by atomic mass is 35.5. The third kappa shape index (κ3) is 7.72. The van der Waals surface area contributed by atoms with E-state index in [4.69, 9.17) is 10.8 Å². The first-order chi connectivity index (χ1) is 3.66. The predicted octanol–water partition coefficient (Wildman–Crippen LogP) is 0.620. The fourth-order valence-corrected chi connectivity index (χ4v) is 0.369. The molecule has 0 aliphatic rings. The summed E-state index contributed by atoms with van der Waals surface area (Å²) in [7, 11) is 0. The van der Waals surface area contributed by atoms with Gasteiger partial charge in [0.25, 0.3) is 0 Å². The van der Waals surface area contributed by atoms with Gasteiger partial charge in [0.05, 0.1) is 6.42 Å². The van der Waals surface area contributed by atoms with Crippen LogP contribution >= 0.6 is 12.4 Å². The molecule has 0 saturated heterocycles. The first kappa shape index (κ1) is 11.5. The highest BCUT2D eigenvalue weighted by Crippen LogP contribution is 1.91. The molecule has 0 aromatic carbocycles. The lowest BCUT2D eigenvalue weighted by Gasteiger charge is -2.01. The number of carboxylic acids is 1. The molecule has 4 heteroatoms. The Balaban J connectivity index is 0. The van der Waals surface area contributed by atoms with Gasteiger partial charge >= 0.3 is 5.97 Å². The van der Waals surface area contributed by atoms with Crippen molar-refractivity contribution in [2.45, 2.75) is 25.8 Å². The minimum Gasteiger partial charge on any atom is -0.481 e. The van der Waals surface area contributed by atoms with Gasteiger partial charge in [0.1, 0.15) is 0 Å². The van der Waals surface area contributed by atoms with Gasteiger partial charge in [-0.1, -0.05) is 6.92 Å². The molecule has 56 valence electrons.